The summed E-state index contributed by atoms with van der Waals surface area (Å²) in [7, 11) is 6.05. The molecule has 4 rings (SSSR count). The van der Waals surface area contributed by atoms with E-state index in [1.165, 1.54) is 35.4 Å². The number of ether oxygens (including phenoxy) is 8. The van der Waals surface area contributed by atoms with E-state index in [2.05, 4.69) is 0 Å². The predicted octanol–water partition coefficient (Wildman–Crippen LogP) is 5.56. The van der Waals surface area contributed by atoms with Crippen LogP contribution in [0.25, 0.3) is 11.1 Å². The van der Waals surface area contributed by atoms with E-state index in [0.717, 1.165) is 0 Å². The fourth-order valence-electron chi connectivity index (χ4n) is 5.33. The lowest BCUT2D eigenvalue weighted by molar-refractivity contribution is -0.157. The van der Waals surface area contributed by atoms with Crippen molar-refractivity contribution in [2.75, 3.05) is 35.2 Å². The largest absolute Gasteiger partial charge is 0.493 e. The molecule has 1 heterocycles. The Morgan fingerprint density at radius 2 is 1.38 bits per heavy atom. The van der Waals surface area contributed by atoms with E-state index in [1.807, 2.05) is 13.8 Å². The van der Waals surface area contributed by atoms with Gasteiger partial charge in [0.1, 0.15) is 12.2 Å². The Morgan fingerprint density at radius 1 is 0.800 bits per heavy atom. The van der Waals surface area contributed by atoms with Gasteiger partial charge >= 0.3 is 11.9 Å². The summed E-state index contributed by atoms with van der Waals surface area (Å²) in [6, 6.07) is 3.58. The van der Waals surface area contributed by atoms with Crippen molar-refractivity contribution in [3.8, 4) is 45.6 Å². The zero-order valence-electron chi connectivity index (χ0n) is 24.3. The van der Waals surface area contributed by atoms with Crippen molar-refractivity contribution in [1.82, 2.24) is 0 Å². The number of carbonyl (C=O) groups is 2. The van der Waals surface area contributed by atoms with E-state index >= 15 is 0 Å². The van der Waals surface area contributed by atoms with Crippen LogP contribution < -0.4 is 28.4 Å². The lowest BCUT2D eigenvalue weighted by Crippen LogP contribution is -2.31. The van der Waals surface area contributed by atoms with Gasteiger partial charge in [-0.15, -0.1) is 0 Å². The van der Waals surface area contributed by atoms with Gasteiger partial charge in [0.25, 0.3) is 0 Å². The predicted molar refractivity (Wildman–Crippen MR) is 145 cm³/mol. The summed E-state index contributed by atoms with van der Waals surface area (Å²) in [5.41, 5.74) is 2.74. The minimum Gasteiger partial charge on any atom is -0.493 e. The number of hydrogen-bond donors (Lipinski definition) is 0. The van der Waals surface area contributed by atoms with Gasteiger partial charge in [0.2, 0.25) is 18.3 Å². The number of fused-ring (bicyclic) bond motifs is 4. The maximum Gasteiger partial charge on any atom is 0.333 e. The molecule has 0 amide bonds. The average molecular weight is 557 g/mol. The van der Waals surface area contributed by atoms with Crippen LogP contribution in [0, 0.1) is 11.8 Å². The van der Waals surface area contributed by atoms with E-state index in [-0.39, 0.29) is 18.6 Å². The van der Waals surface area contributed by atoms with Crippen LogP contribution in [0.4, 0.5) is 0 Å². The maximum atomic E-state index is 13.2. The van der Waals surface area contributed by atoms with E-state index < -0.39 is 24.1 Å². The topological polar surface area (TPSA) is 108 Å². The molecule has 40 heavy (non-hydrogen) atoms. The summed E-state index contributed by atoms with van der Waals surface area (Å²) in [5, 5.41) is 0. The minimum atomic E-state index is -0.803. The SMILES string of the molecule is CC=C(C)C(=O)O[C@@H]1c2cc(OC)c(OC)c(OC)c2-c2c(cc3c(c2OC)OCO3)[C@@H](OC(C)=O)[C@H](C)[C@@H]1C. The molecule has 0 radical (unpaired) electrons. The summed E-state index contributed by atoms with van der Waals surface area (Å²) in [4.78, 5) is 25.6. The maximum absolute atomic E-state index is 13.2. The Kier molecular flexibility index (Phi) is 8.37. The normalized spacial score (nSPS) is 21.3. The molecular formula is C30H36O10. The van der Waals surface area contributed by atoms with Crippen molar-refractivity contribution >= 4 is 11.9 Å². The van der Waals surface area contributed by atoms with Crippen LogP contribution in [-0.2, 0) is 19.1 Å². The molecule has 0 saturated carbocycles. The molecule has 4 atom stereocenters. The molecule has 10 nitrogen and oxygen atoms in total. The number of carbonyl (C=O) groups excluding carboxylic acids is 2. The molecular weight excluding hydrogens is 520 g/mol. The highest BCUT2D eigenvalue weighted by atomic mass is 16.7. The van der Waals surface area contributed by atoms with Gasteiger partial charge in [0.15, 0.2) is 23.0 Å². The van der Waals surface area contributed by atoms with Crippen molar-refractivity contribution in [3.05, 3.63) is 34.9 Å². The smallest absolute Gasteiger partial charge is 0.333 e. The van der Waals surface area contributed by atoms with Crippen LogP contribution >= 0.6 is 0 Å². The second-order valence-electron chi connectivity index (χ2n) is 9.76. The lowest BCUT2D eigenvalue weighted by atomic mass is 9.74. The molecule has 0 N–H and O–H groups in total. The second kappa shape index (κ2) is 11.6. The zero-order chi connectivity index (χ0) is 29.3. The number of methoxy groups -OCH3 is 4. The van der Waals surface area contributed by atoms with Gasteiger partial charge in [-0.3, -0.25) is 4.79 Å². The zero-order valence-corrected chi connectivity index (χ0v) is 24.3. The summed E-state index contributed by atoms with van der Waals surface area (Å²) in [5.74, 6) is 0.625. The minimum absolute atomic E-state index is 0.00241. The molecule has 0 saturated heterocycles. The number of esters is 2. The number of allylic oxidation sites excluding steroid dienone is 1. The Hall–Kier alpha value is -4.08. The average Bonchev–Trinajstić information content (AvgIpc) is 3.43. The van der Waals surface area contributed by atoms with Crippen LogP contribution in [0.2, 0.25) is 0 Å². The first-order chi connectivity index (χ1) is 19.1. The van der Waals surface area contributed by atoms with Crippen molar-refractivity contribution in [1.29, 1.82) is 0 Å². The monoisotopic (exact) mass is 556 g/mol. The van der Waals surface area contributed by atoms with Crippen LogP contribution in [0.15, 0.2) is 23.8 Å². The highest BCUT2D eigenvalue weighted by molar-refractivity contribution is 5.91. The highest BCUT2D eigenvalue weighted by Crippen LogP contribution is 2.60. The van der Waals surface area contributed by atoms with Gasteiger partial charge in [-0.1, -0.05) is 19.9 Å². The summed E-state index contributed by atoms with van der Waals surface area (Å²) >= 11 is 0. The van der Waals surface area contributed by atoms with Crippen molar-refractivity contribution in [3.63, 3.8) is 0 Å². The fraction of sp³-hybridized carbons (Fsp3) is 0.467. The Balaban J connectivity index is 2.21. The summed E-state index contributed by atoms with van der Waals surface area (Å²) < 4.78 is 47.0. The molecule has 0 spiro atoms. The number of benzene rings is 2. The van der Waals surface area contributed by atoms with Gasteiger partial charge in [-0.05, 0) is 26.0 Å². The first-order valence-corrected chi connectivity index (χ1v) is 13.0. The number of hydrogen-bond acceptors (Lipinski definition) is 10. The molecule has 0 aromatic heterocycles. The third kappa shape index (κ3) is 4.76. The van der Waals surface area contributed by atoms with Crippen LogP contribution in [-0.4, -0.2) is 47.2 Å². The van der Waals surface area contributed by atoms with Crippen molar-refractivity contribution < 1.29 is 47.5 Å². The van der Waals surface area contributed by atoms with E-state index in [4.69, 9.17) is 37.9 Å². The van der Waals surface area contributed by atoms with Crippen LogP contribution in [0.1, 0.15) is 58.0 Å². The van der Waals surface area contributed by atoms with Gasteiger partial charge < -0.3 is 37.9 Å². The van der Waals surface area contributed by atoms with E-state index in [1.54, 1.807) is 32.1 Å². The Bertz CT molecular complexity index is 1340. The van der Waals surface area contributed by atoms with Crippen molar-refractivity contribution in [2.45, 2.75) is 46.8 Å². The number of rotatable bonds is 7. The first-order valence-electron chi connectivity index (χ1n) is 13.0. The molecule has 0 fully saturated rings. The third-order valence-electron chi connectivity index (χ3n) is 7.64. The van der Waals surface area contributed by atoms with Crippen LogP contribution in [0.3, 0.4) is 0 Å². The summed E-state index contributed by atoms with van der Waals surface area (Å²) in [6.45, 7) is 8.72. The van der Waals surface area contributed by atoms with E-state index in [9.17, 15) is 9.59 Å². The molecule has 1 aliphatic heterocycles. The standard InChI is InChI=1S/C30H36O10/c1-10-14(2)30(32)40-25-16(4)15(3)24(39-17(5)31)19-12-21-27(38-13-37-21)29(36-9)23(19)22-18(25)11-20(33-6)26(34-7)28(22)35-8/h10-12,15-16,24-25H,13H2,1-9H3/t15-,16+,24+,25+/m1/s1. The molecule has 0 bridgehead atoms. The molecule has 2 aromatic carbocycles. The van der Waals surface area contributed by atoms with Gasteiger partial charge in [-0.25, -0.2) is 4.79 Å². The molecule has 216 valence electrons. The Morgan fingerprint density at radius 3 is 1.93 bits per heavy atom. The highest BCUT2D eigenvalue weighted by Gasteiger charge is 2.44. The molecule has 2 aromatic rings. The molecule has 1 aliphatic carbocycles. The summed E-state index contributed by atoms with van der Waals surface area (Å²) in [6.07, 6.45) is 0.124. The van der Waals surface area contributed by atoms with Gasteiger partial charge in [0, 0.05) is 46.6 Å². The molecule has 0 unspecified atom stereocenters. The van der Waals surface area contributed by atoms with Crippen molar-refractivity contribution in [2.24, 2.45) is 11.8 Å². The van der Waals surface area contributed by atoms with Gasteiger partial charge in [0.05, 0.1) is 28.4 Å². The van der Waals surface area contributed by atoms with Gasteiger partial charge in [-0.2, -0.15) is 0 Å². The second-order valence-corrected chi connectivity index (χ2v) is 9.76. The quantitative estimate of drug-likeness (QED) is 0.318. The lowest BCUT2D eigenvalue weighted by Gasteiger charge is -2.38. The van der Waals surface area contributed by atoms with Crippen LogP contribution in [0.5, 0.6) is 34.5 Å². The molecule has 2 aliphatic rings. The van der Waals surface area contributed by atoms with E-state index in [0.29, 0.717) is 62.3 Å². The third-order valence-corrected chi connectivity index (χ3v) is 7.64. The first kappa shape index (κ1) is 28.9. The molecule has 10 heteroatoms. The fourth-order valence-corrected chi connectivity index (χ4v) is 5.33. The Labute approximate surface area is 234 Å².